The summed E-state index contributed by atoms with van der Waals surface area (Å²) in [4.78, 5) is 4.13. The quantitative estimate of drug-likeness (QED) is 0.652. The van der Waals surface area contributed by atoms with Crippen molar-refractivity contribution in [3.8, 4) is 0 Å². The van der Waals surface area contributed by atoms with E-state index in [1.807, 2.05) is 5.38 Å². The largest absolute Gasteiger partial charge is 0.355 e. The second-order valence-electron chi connectivity index (χ2n) is 2.08. The SMILES string of the molecule is c1csc(C2NCCO2)n1. The summed E-state index contributed by atoms with van der Waals surface area (Å²) in [5.74, 6) is 0. The molecule has 0 amide bonds. The molecule has 1 N–H and O–H groups in total. The zero-order chi connectivity index (χ0) is 6.81. The van der Waals surface area contributed by atoms with E-state index in [1.165, 1.54) is 0 Å². The Kier molecular flexibility index (Phi) is 1.66. The first-order valence-electron chi connectivity index (χ1n) is 3.21. The van der Waals surface area contributed by atoms with Gasteiger partial charge in [0.05, 0.1) is 6.61 Å². The molecule has 0 aromatic carbocycles. The zero-order valence-electron chi connectivity index (χ0n) is 5.41. The molecule has 1 aliphatic rings. The predicted molar refractivity (Wildman–Crippen MR) is 38.8 cm³/mol. The van der Waals surface area contributed by atoms with Crippen LogP contribution in [0.5, 0.6) is 0 Å². The maximum Gasteiger partial charge on any atom is 0.161 e. The van der Waals surface area contributed by atoms with Crippen molar-refractivity contribution in [1.29, 1.82) is 0 Å². The Balaban J connectivity index is 2.12. The molecule has 1 unspecified atom stereocenters. The lowest BCUT2D eigenvalue weighted by Crippen LogP contribution is -2.13. The third kappa shape index (κ3) is 1.05. The summed E-state index contributed by atoms with van der Waals surface area (Å²) >= 11 is 1.62. The van der Waals surface area contributed by atoms with Crippen molar-refractivity contribution in [2.75, 3.05) is 13.2 Å². The van der Waals surface area contributed by atoms with Crippen LogP contribution in [0.3, 0.4) is 0 Å². The minimum absolute atomic E-state index is 0.0556. The van der Waals surface area contributed by atoms with Crippen LogP contribution in [-0.4, -0.2) is 18.1 Å². The number of aromatic nitrogens is 1. The summed E-state index contributed by atoms with van der Waals surface area (Å²) in [6.07, 6.45) is 1.85. The van der Waals surface area contributed by atoms with E-state index < -0.39 is 0 Å². The second-order valence-corrected chi connectivity index (χ2v) is 3.00. The molecule has 1 aromatic rings. The maximum absolute atomic E-state index is 5.33. The van der Waals surface area contributed by atoms with Gasteiger partial charge in [-0.1, -0.05) is 0 Å². The number of ether oxygens (including phenoxy) is 1. The van der Waals surface area contributed by atoms with E-state index in [-0.39, 0.29) is 6.23 Å². The van der Waals surface area contributed by atoms with Crippen molar-refractivity contribution in [3.63, 3.8) is 0 Å². The average Bonchev–Trinajstić information content (AvgIpc) is 2.59. The summed E-state index contributed by atoms with van der Waals surface area (Å²) in [6.45, 7) is 1.73. The number of hydrogen-bond donors (Lipinski definition) is 1. The highest BCUT2D eigenvalue weighted by atomic mass is 32.1. The lowest BCUT2D eigenvalue weighted by Gasteiger charge is -2.03. The number of hydrogen-bond acceptors (Lipinski definition) is 4. The smallest absolute Gasteiger partial charge is 0.161 e. The summed E-state index contributed by atoms with van der Waals surface area (Å²) in [5, 5.41) is 6.17. The molecule has 1 aromatic heterocycles. The molecular formula is C6H8N2OS. The van der Waals surface area contributed by atoms with Gasteiger partial charge in [-0.3, -0.25) is 5.32 Å². The molecule has 0 aliphatic carbocycles. The van der Waals surface area contributed by atoms with Crippen LogP contribution >= 0.6 is 11.3 Å². The maximum atomic E-state index is 5.33. The fourth-order valence-electron chi connectivity index (χ4n) is 0.948. The van der Waals surface area contributed by atoms with Crippen LogP contribution in [0.1, 0.15) is 11.2 Å². The van der Waals surface area contributed by atoms with Gasteiger partial charge < -0.3 is 4.74 Å². The number of thiazole rings is 1. The Labute approximate surface area is 63.0 Å². The first-order valence-corrected chi connectivity index (χ1v) is 4.09. The molecule has 2 rings (SSSR count). The van der Waals surface area contributed by atoms with Crippen LogP contribution in [0, 0.1) is 0 Å². The molecule has 4 heteroatoms. The zero-order valence-corrected chi connectivity index (χ0v) is 6.23. The Morgan fingerprint density at radius 3 is 3.40 bits per heavy atom. The highest BCUT2D eigenvalue weighted by Gasteiger charge is 2.17. The summed E-state index contributed by atoms with van der Waals surface area (Å²) in [5.41, 5.74) is 0. The Morgan fingerprint density at radius 1 is 1.80 bits per heavy atom. The molecule has 1 aliphatic heterocycles. The van der Waals surface area contributed by atoms with Gasteiger partial charge in [0.2, 0.25) is 0 Å². The van der Waals surface area contributed by atoms with Crippen LogP contribution < -0.4 is 5.32 Å². The molecule has 54 valence electrons. The summed E-state index contributed by atoms with van der Waals surface area (Å²) < 4.78 is 5.33. The van der Waals surface area contributed by atoms with Gasteiger partial charge in [0.1, 0.15) is 5.01 Å². The fraction of sp³-hybridized carbons (Fsp3) is 0.500. The van der Waals surface area contributed by atoms with Crippen LogP contribution in [0.2, 0.25) is 0 Å². The summed E-state index contributed by atoms with van der Waals surface area (Å²) in [6, 6.07) is 0. The monoisotopic (exact) mass is 156 g/mol. The van der Waals surface area contributed by atoms with E-state index in [4.69, 9.17) is 4.74 Å². The molecule has 1 fully saturated rings. The van der Waals surface area contributed by atoms with Crippen molar-refractivity contribution in [3.05, 3.63) is 16.6 Å². The van der Waals surface area contributed by atoms with Gasteiger partial charge in [-0.15, -0.1) is 11.3 Å². The topological polar surface area (TPSA) is 34.1 Å². The average molecular weight is 156 g/mol. The molecule has 0 spiro atoms. The van der Waals surface area contributed by atoms with Crippen LogP contribution in [0.4, 0.5) is 0 Å². The fourth-order valence-corrected chi connectivity index (χ4v) is 1.61. The van der Waals surface area contributed by atoms with Gasteiger partial charge in [-0.2, -0.15) is 0 Å². The number of nitrogens with zero attached hydrogens (tertiary/aromatic N) is 1. The van der Waals surface area contributed by atoms with Crippen molar-refractivity contribution in [2.24, 2.45) is 0 Å². The lowest BCUT2D eigenvalue weighted by atomic mass is 10.6. The minimum Gasteiger partial charge on any atom is -0.355 e. The lowest BCUT2D eigenvalue weighted by molar-refractivity contribution is 0.102. The molecule has 2 heterocycles. The highest BCUT2D eigenvalue weighted by molar-refractivity contribution is 7.09. The van der Waals surface area contributed by atoms with Gasteiger partial charge >= 0.3 is 0 Å². The van der Waals surface area contributed by atoms with Gasteiger partial charge in [0, 0.05) is 18.1 Å². The Morgan fingerprint density at radius 2 is 2.80 bits per heavy atom. The van der Waals surface area contributed by atoms with E-state index in [2.05, 4.69) is 10.3 Å². The Hall–Kier alpha value is -0.450. The van der Waals surface area contributed by atoms with Gasteiger partial charge in [0.25, 0.3) is 0 Å². The van der Waals surface area contributed by atoms with Crippen LogP contribution in [0.15, 0.2) is 11.6 Å². The minimum atomic E-state index is 0.0556. The number of rotatable bonds is 1. The van der Waals surface area contributed by atoms with Crippen LogP contribution in [-0.2, 0) is 4.74 Å². The van der Waals surface area contributed by atoms with E-state index in [9.17, 15) is 0 Å². The van der Waals surface area contributed by atoms with E-state index in [0.717, 1.165) is 18.2 Å². The highest BCUT2D eigenvalue weighted by Crippen LogP contribution is 2.18. The summed E-state index contributed by atoms with van der Waals surface area (Å²) in [7, 11) is 0. The molecule has 1 atom stereocenters. The van der Waals surface area contributed by atoms with Crippen molar-refractivity contribution >= 4 is 11.3 Å². The van der Waals surface area contributed by atoms with Crippen LogP contribution in [0.25, 0.3) is 0 Å². The molecule has 10 heavy (non-hydrogen) atoms. The molecule has 0 saturated carbocycles. The van der Waals surface area contributed by atoms with Crippen molar-refractivity contribution < 1.29 is 4.74 Å². The van der Waals surface area contributed by atoms with E-state index in [0.29, 0.717) is 0 Å². The third-order valence-corrected chi connectivity index (χ3v) is 2.21. The van der Waals surface area contributed by atoms with Crippen molar-refractivity contribution in [1.82, 2.24) is 10.3 Å². The molecule has 0 radical (unpaired) electrons. The molecule has 0 bridgehead atoms. The first-order chi connectivity index (χ1) is 4.97. The first kappa shape index (κ1) is 6.27. The second kappa shape index (κ2) is 2.65. The third-order valence-electron chi connectivity index (χ3n) is 1.39. The van der Waals surface area contributed by atoms with E-state index >= 15 is 0 Å². The molecular weight excluding hydrogens is 148 g/mol. The molecule has 3 nitrogen and oxygen atoms in total. The van der Waals surface area contributed by atoms with Gasteiger partial charge in [-0.05, 0) is 0 Å². The normalized spacial score (nSPS) is 25.4. The van der Waals surface area contributed by atoms with Gasteiger partial charge in [0.15, 0.2) is 6.23 Å². The number of nitrogens with one attached hydrogen (secondary N) is 1. The Bertz CT molecular complexity index is 194. The predicted octanol–water partition coefficient (Wildman–Crippen LogP) is 0.761. The van der Waals surface area contributed by atoms with Crippen molar-refractivity contribution in [2.45, 2.75) is 6.23 Å². The van der Waals surface area contributed by atoms with Gasteiger partial charge in [-0.25, -0.2) is 4.98 Å². The van der Waals surface area contributed by atoms with E-state index in [1.54, 1.807) is 17.5 Å². The standard InChI is InChI=1S/C6H8N2OS/c1-3-9-5(7-1)6-8-2-4-10-6/h2,4-5,7H,1,3H2. The molecule has 1 saturated heterocycles.